The van der Waals surface area contributed by atoms with Gasteiger partial charge in [0, 0.05) is 11.4 Å². The summed E-state index contributed by atoms with van der Waals surface area (Å²) in [6.45, 7) is 0. The van der Waals surface area contributed by atoms with Gasteiger partial charge in [-0.2, -0.15) is 0 Å². The third-order valence-corrected chi connectivity index (χ3v) is 6.22. The minimum atomic E-state index is -3.09. The van der Waals surface area contributed by atoms with Gasteiger partial charge in [-0.1, -0.05) is 19.3 Å². The van der Waals surface area contributed by atoms with Crippen LogP contribution in [0, 0.1) is 5.92 Å². The molecule has 0 aromatic carbocycles. The summed E-state index contributed by atoms with van der Waals surface area (Å²) in [5.41, 5.74) is 0. The molecule has 0 radical (unpaired) electrons. The lowest BCUT2D eigenvalue weighted by atomic mass is 9.91. The van der Waals surface area contributed by atoms with Gasteiger partial charge < -0.3 is 0 Å². The van der Waals surface area contributed by atoms with Gasteiger partial charge in [0.1, 0.15) is 0 Å². The number of halogens is 1. The summed E-state index contributed by atoms with van der Waals surface area (Å²) in [6.07, 6.45) is 9.44. The van der Waals surface area contributed by atoms with E-state index in [0.717, 1.165) is 38.5 Å². The standard InChI is InChI=1S/C13H24ClNO2S/c14-12-6-8-13(9-7-12)15-18(16,17)10-11-4-2-1-3-5-11/h11-13,15H,1-10H2. The molecule has 3 nitrogen and oxygen atoms in total. The molecular formula is C13H24ClNO2S. The maximum atomic E-state index is 12.1. The minimum Gasteiger partial charge on any atom is -0.212 e. The second-order valence-electron chi connectivity index (χ2n) is 5.85. The second kappa shape index (κ2) is 6.58. The van der Waals surface area contributed by atoms with Crippen molar-refractivity contribution < 1.29 is 8.42 Å². The Morgan fingerprint density at radius 3 is 2.17 bits per heavy atom. The van der Waals surface area contributed by atoms with E-state index in [-0.39, 0.29) is 11.4 Å². The van der Waals surface area contributed by atoms with Crippen LogP contribution in [0.1, 0.15) is 57.8 Å². The van der Waals surface area contributed by atoms with E-state index in [1.807, 2.05) is 0 Å². The van der Waals surface area contributed by atoms with E-state index < -0.39 is 10.0 Å². The van der Waals surface area contributed by atoms with Gasteiger partial charge in [0.15, 0.2) is 0 Å². The molecule has 1 N–H and O–H groups in total. The summed E-state index contributed by atoms with van der Waals surface area (Å²) in [5.74, 6) is 0.703. The Hall–Kier alpha value is 0.200. The van der Waals surface area contributed by atoms with Gasteiger partial charge in [0.25, 0.3) is 0 Å². The maximum Gasteiger partial charge on any atom is 0.212 e. The molecule has 0 saturated heterocycles. The average molecular weight is 294 g/mol. The largest absolute Gasteiger partial charge is 0.212 e. The second-order valence-corrected chi connectivity index (χ2v) is 8.27. The van der Waals surface area contributed by atoms with E-state index in [9.17, 15) is 8.42 Å². The molecule has 0 aliphatic heterocycles. The molecule has 2 aliphatic carbocycles. The topological polar surface area (TPSA) is 46.2 Å². The van der Waals surface area contributed by atoms with Crippen molar-refractivity contribution in [2.24, 2.45) is 5.92 Å². The van der Waals surface area contributed by atoms with E-state index in [2.05, 4.69) is 4.72 Å². The molecule has 0 amide bonds. The lowest BCUT2D eigenvalue weighted by molar-refractivity contribution is 0.378. The first-order valence-electron chi connectivity index (χ1n) is 7.19. The van der Waals surface area contributed by atoms with Gasteiger partial charge in [-0.05, 0) is 44.4 Å². The molecule has 2 rings (SSSR count). The summed E-state index contributed by atoms with van der Waals surface area (Å²) in [7, 11) is -3.09. The van der Waals surface area contributed by atoms with Gasteiger partial charge >= 0.3 is 0 Å². The fraction of sp³-hybridized carbons (Fsp3) is 1.00. The van der Waals surface area contributed by atoms with Gasteiger partial charge in [-0.25, -0.2) is 13.1 Å². The highest BCUT2D eigenvalue weighted by Crippen LogP contribution is 2.26. The fourth-order valence-corrected chi connectivity index (χ4v) is 5.18. The van der Waals surface area contributed by atoms with Gasteiger partial charge in [0.2, 0.25) is 10.0 Å². The molecular weight excluding hydrogens is 270 g/mol. The Kier molecular flexibility index (Phi) is 5.34. The predicted octanol–water partition coefficient (Wildman–Crippen LogP) is 3.04. The molecule has 0 atom stereocenters. The lowest BCUT2D eigenvalue weighted by Crippen LogP contribution is -2.40. The first-order chi connectivity index (χ1) is 8.55. The molecule has 0 aromatic heterocycles. The third-order valence-electron chi connectivity index (χ3n) is 4.18. The number of nitrogens with one attached hydrogen (secondary N) is 1. The Labute approximate surface area is 116 Å². The first kappa shape index (κ1) is 14.6. The summed E-state index contributed by atoms with van der Waals surface area (Å²) < 4.78 is 27.1. The normalized spacial score (nSPS) is 31.4. The van der Waals surface area contributed by atoms with Crippen molar-refractivity contribution in [1.29, 1.82) is 0 Å². The molecule has 0 spiro atoms. The zero-order valence-electron chi connectivity index (χ0n) is 10.9. The average Bonchev–Trinajstić information content (AvgIpc) is 2.32. The first-order valence-corrected chi connectivity index (χ1v) is 9.28. The minimum absolute atomic E-state index is 0.119. The summed E-state index contributed by atoms with van der Waals surface area (Å²) >= 11 is 6.03. The van der Waals surface area contributed by atoms with Crippen molar-refractivity contribution in [3.8, 4) is 0 Å². The van der Waals surface area contributed by atoms with Gasteiger partial charge in [0.05, 0.1) is 5.75 Å². The van der Waals surface area contributed by atoms with Crippen molar-refractivity contribution in [3.05, 3.63) is 0 Å². The smallest absolute Gasteiger partial charge is 0.212 e. The molecule has 0 aromatic rings. The van der Waals surface area contributed by atoms with E-state index in [0.29, 0.717) is 11.7 Å². The molecule has 0 heterocycles. The summed E-state index contributed by atoms with van der Waals surface area (Å²) in [6, 6.07) is 0.119. The van der Waals surface area contributed by atoms with Crippen molar-refractivity contribution in [2.45, 2.75) is 69.2 Å². The Balaban J connectivity index is 1.79. The van der Waals surface area contributed by atoms with Crippen LogP contribution in [0.5, 0.6) is 0 Å². The monoisotopic (exact) mass is 293 g/mol. The molecule has 5 heteroatoms. The molecule has 18 heavy (non-hydrogen) atoms. The highest BCUT2D eigenvalue weighted by atomic mass is 35.5. The Morgan fingerprint density at radius 2 is 1.56 bits per heavy atom. The zero-order valence-corrected chi connectivity index (χ0v) is 12.5. The maximum absolute atomic E-state index is 12.1. The zero-order chi connectivity index (χ0) is 13.0. The van der Waals surface area contributed by atoms with E-state index in [4.69, 9.17) is 11.6 Å². The van der Waals surface area contributed by atoms with Crippen molar-refractivity contribution in [2.75, 3.05) is 5.75 Å². The summed E-state index contributed by atoms with van der Waals surface area (Å²) in [4.78, 5) is 0. The van der Waals surface area contributed by atoms with Crippen molar-refractivity contribution >= 4 is 21.6 Å². The number of hydrogen-bond acceptors (Lipinski definition) is 2. The van der Waals surface area contributed by atoms with Gasteiger partial charge in [-0.15, -0.1) is 11.6 Å². The number of sulfonamides is 1. The molecule has 106 valence electrons. The summed E-state index contributed by atoms with van der Waals surface area (Å²) in [5, 5.41) is 0.240. The van der Waals surface area contributed by atoms with E-state index in [1.165, 1.54) is 19.3 Å². The van der Waals surface area contributed by atoms with Crippen molar-refractivity contribution in [3.63, 3.8) is 0 Å². The van der Waals surface area contributed by atoms with E-state index >= 15 is 0 Å². The highest BCUT2D eigenvalue weighted by Gasteiger charge is 2.26. The van der Waals surface area contributed by atoms with Crippen LogP contribution in [-0.4, -0.2) is 25.6 Å². The SMILES string of the molecule is O=S(=O)(CC1CCCCC1)NC1CCC(Cl)CC1. The third kappa shape index (κ3) is 4.71. The van der Waals surface area contributed by atoms with E-state index in [1.54, 1.807) is 0 Å². The van der Waals surface area contributed by atoms with Crippen LogP contribution in [0.4, 0.5) is 0 Å². The number of rotatable bonds is 4. The Bertz CT molecular complexity index is 344. The molecule has 2 fully saturated rings. The highest BCUT2D eigenvalue weighted by molar-refractivity contribution is 7.89. The van der Waals surface area contributed by atoms with Crippen LogP contribution in [0.25, 0.3) is 0 Å². The quantitative estimate of drug-likeness (QED) is 0.810. The number of hydrogen-bond donors (Lipinski definition) is 1. The molecule has 0 bridgehead atoms. The lowest BCUT2D eigenvalue weighted by Gasteiger charge is -2.27. The van der Waals surface area contributed by atoms with Crippen LogP contribution < -0.4 is 4.72 Å². The Morgan fingerprint density at radius 1 is 0.944 bits per heavy atom. The molecule has 0 unspecified atom stereocenters. The van der Waals surface area contributed by atoms with Gasteiger partial charge in [-0.3, -0.25) is 0 Å². The van der Waals surface area contributed by atoms with Crippen LogP contribution in [0.3, 0.4) is 0 Å². The molecule has 2 aliphatic rings. The molecule has 2 saturated carbocycles. The fourth-order valence-electron chi connectivity index (χ4n) is 3.14. The van der Waals surface area contributed by atoms with Crippen molar-refractivity contribution in [1.82, 2.24) is 4.72 Å². The van der Waals surface area contributed by atoms with Crippen LogP contribution in [-0.2, 0) is 10.0 Å². The predicted molar refractivity (Wildman–Crippen MR) is 75.4 cm³/mol. The van der Waals surface area contributed by atoms with Crippen LogP contribution in [0.15, 0.2) is 0 Å². The number of alkyl halides is 1. The van der Waals surface area contributed by atoms with Crippen LogP contribution >= 0.6 is 11.6 Å². The van der Waals surface area contributed by atoms with Crippen LogP contribution in [0.2, 0.25) is 0 Å².